The van der Waals surface area contributed by atoms with Crippen LogP contribution >= 0.6 is 0 Å². The van der Waals surface area contributed by atoms with Crippen LogP contribution < -0.4 is 63.3 Å². The molecule has 3 nitrogen and oxygen atoms in total. The zero-order chi connectivity index (χ0) is 10.6. The minimum absolute atomic E-state index is 0. The first kappa shape index (κ1) is 14.9. The molecular formula is C11H9O3Rb. The quantitative estimate of drug-likeness (QED) is 0.267. The molecule has 0 saturated carbocycles. The molecule has 0 aromatic heterocycles. The molecule has 0 saturated heterocycles. The van der Waals surface area contributed by atoms with Gasteiger partial charge in [-0.15, -0.1) is 0 Å². The van der Waals surface area contributed by atoms with E-state index in [9.17, 15) is 14.7 Å². The van der Waals surface area contributed by atoms with E-state index in [1.54, 1.807) is 30.3 Å². The van der Waals surface area contributed by atoms with Crippen LogP contribution in [0.5, 0.6) is 0 Å². The molecule has 0 radical (unpaired) electrons. The molecule has 0 spiro atoms. The van der Waals surface area contributed by atoms with Gasteiger partial charge in [0.1, 0.15) is 0 Å². The Hall–Kier alpha value is -0.0948. The summed E-state index contributed by atoms with van der Waals surface area (Å²) in [5.74, 6) is -1.96. The van der Waals surface area contributed by atoms with E-state index in [4.69, 9.17) is 0 Å². The summed E-state index contributed by atoms with van der Waals surface area (Å²) < 4.78 is 0. The summed E-state index contributed by atoms with van der Waals surface area (Å²) in [5, 5.41) is 10.5. The molecule has 1 aromatic carbocycles. The number of benzene rings is 1. The maximum Gasteiger partial charge on any atom is 1.00 e. The Balaban J connectivity index is 0.00000196. The Morgan fingerprint density at radius 1 is 1.20 bits per heavy atom. The number of Topliss-reactive ketones (excluding diaryl/α,β-unsaturated/α-hetero) is 1. The van der Waals surface area contributed by atoms with Gasteiger partial charge in [-0.1, -0.05) is 36.4 Å². The van der Waals surface area contributed by atoms with Crippen LogP contribution in [0.1, 0.15) is 17.3 Å². The summed E-state index contributed by atoms with van der Waals surface area (Å²) in [6, 6.07) is 8.24. The first-order valence-corrected chi connectivity index (χ1v) is 4.14. The second kappa shape index (κ2) is 7.22. The Labute approximate surface area is 137 Å². The average Bonchev–Trinajstić information content (AvgIpc) is 2.19. The molecule has 0 aliphatic rings. The van der Waals surface area contributed by atoms with E-state index in [1.807, 2.05) is 0 Å². The smallest absolute Gasteiger partial charge is 0.545 e. The number of rotatable bonds is 3. The van der Waals surface area contributed by atoms with Crippen molar-refractivity contribution in [2.75, 3.05) is 0 Å². The maximum atomic E-state index is 11.5. The Morgan fingerprint density at radius 2 is 1.73 bits per heavy atom. The fourth-order valence-corrected chi connectivity index (χ4v) is 1.09. The Morgan fingerprint density at radius 3 is 2.13 bits per heavy atom. The van der Waals surface area contributed by atoms with Crippen LogP contribution in [0.25, 0.3) is 0 Å². The van der Waals surface area contributed by atoms with Crippen LogP contribution in [0.4, 0.5) is 0 Å². The average molecular weight is 275 g/mol. The molecule has 0 aliphatic heterocycles. The number of hydrogen-bond donors (Lipinski definition) is 0. The van der Waals surface area contributed by atoms with E-state index in [-0.39, 0.29) is 63.8 Å². The predicted molar refractivity (Wildman–Crippen MR) is 49.5 cm³/mol. The van der Waals surface area contributed by atoms with Gasteiger partial charge < -0.3 is 9.90 Å². The molecule has 0 atom stereocenters. The molecule has 0 unspecified atom stereocenters. The van der Waals surface area contributed by atoms with Gasteiger partial charge in [0.2, 0.25) is 0 Å². The first-order chi connectivity index (χ1) is 6.66. The van der Waals surface area contributed by atoms with E-state index in [0.717, 1.165) is 0 Å². The molecule has 1 aromatic rings. The van der Waals surface area contributed by atoms with E-state index in [1.165, 1.54) is 13.0 Å². The Bertz CT molecular complexity index is 382. The summed E-state index contributed by atoms with van der Waals surface area (Å²) >= 11 is 0. The molecule has 0 aliphatic carbocycles. The van der Waals surface area contributed by atoms with Gasteiger partial charge >= 0.3 is 58.2 Å². The molecule has 1 rings (SSSR count). The number of carboxylic acid groups (broad SMARTS) is 1. The van der Waals surface area contributed by atoms with Gasteiger partial charge in [0.15, 0.2) is 5.78 Å². The van der Waals surface area contributed by atoms with Crippen molar-refractivity contribution >= 4 is 11.8 Å². The van der Waals surface area contributed by atoms with Crippen LogP contribution in [0, 0.1) is 0 Å². The number of aliphatic carboxylic acids is 1. The van der Waals surface area contributed by atoms with Crippen molar-refractivity contribution in [3.05, 3.63) is 47.5 Å². The third-order valence-electron chi connectivity index (χ3n) is 1.79. The summed E-state index contributed by atoms with van der Waals surface area (Å²) in [7, 11) is 0. The second-order valence-corrected chi connectivity index (χ2v) is 2.68. The molecule has 0 heterocycles. The number of allylic oxidation sites excluding steroid dienone is 1. The monoisotopic (exact) mass is 274 g/mol. The number of ketones is 1. The Kier molecular flexibility index (Phi) is 7.18. The summed E-state index contributed by atoms with van der Waals surface area (Å²) in [6.07, 6.45) is 1.24. The van der Waals surface area contributed by atoms with Crippen molar-refractivity contribution in [1.29, 1.82) is 0 Å². The van der Waals surface area contributed by atoms with Crippen molar-refractivity contribution in [2.45, 2.75) is 6.92 Å². The molecule has 0 N–H and O–H groups in total. The largest absolute Gasteiger partial charge is 1.00 e. The summed E-state index contributed by atoms with van der Waals surface area (Å²) in [6.45, 7) is 1.49. The minimum Gasteiger partial charge on any atom is -0.545 e. The van der Waals surface area contributed by atoms with Crippen molar-refractivity contribution < 1.29 is 72.9 Å². The first-order valence-electron chi connectivity index (χ1n) is 4.14. The van der Waals surface area contributed by atoms with Gasteiger partial charge in [-0.05, 0) is 6.92 Å². The van der Waals surface area contributed by atoms with E-state index in [0.29, 0.717) is 5.56 Å². The van der Waals surface area contributed by atoms with E-state index in [2.05, 4.69) is 0 Å². The molecule has 4 heteroatoms. The van der Waals surface area contributed by atoms with Crippen molar-refractivity contribution in [3.8, 4) is 0 Å². The SMILES string of the molecule is CC=C(C(=O)[O-])C(=O)c1ccccc1.[Rb+]. The molecule has 72 valence electrons. The zero-order valence-electron chi connectivity index (χ0n) is 8.69. The van der Waals surface area contributed by atoms with E-state index < -0.39 is 11.8 Å². The molecule has 0 amide bonds. The van der Waals surface area contributed by atoms with Crippen LogP contribution in [0.15, 0.2) is 42.0 Å². The minimum atomic E-state index is -1.44. The van der Waals surface area contributed by atoms with Crippen molar-refractivity contribution in [1.82, 2.24) is 0 Å². The molecule has 15 heavy (non-hydrogen) atoms. The number of carbonyl (C=O) groups excluding carboxylic acids is 2. The van der Waals surface area contributed by atoms with Gasteiger partial charge in [0.25, 0.3) is 0 Å². The third-order valence-corrected chi connectivity index (χ3v) is 1.79. The summed E-state index contributed by atoms with van der Waals surface area (Å²) in [4.78, 5) is 22.1. The van der Waals surface area contributed by atoms with Gasteiger partial charge in [0, 0.05) is 11.1 Å². The standard InChI is InChI=1S/C11H10O3.Rb/c1-2-9(11(13)14)10(12)8-6-4-3-5-7-8;/h2-7H,1H3,(H,13,14);/q;+1/p-1. The van der Waals surface area contributed by atoms with Crippen molar-refractivity contribution in [2.24, 2.45) is 0 Å². The normalized spacial score (nSPS) is 10.3. The van der Waals surface area contributed by atoms with Gasteiger partial charge in [0.05, 0.1) is 5.97 Å². The maximum absolute atomic E-state index is 11.5. The van der Waals surface area contributed by atoms with Crippen LogP contribution in [0.3, 0.4) is 0 Å². The second-order valence-electron chi connectivity index (χ2n) is 2.68. The van der Waals surface area contributed by atoms with Gasteiger partial charge in [-0.2, -0.15) is 0 Å². The van der Waals surface area contributed by atoms with E-state index >= 15 is 0 Å². The molecule has 0 bridgehead atoms. The van der Waals surface area contributed by atoms with Crippen LogP contribution in [-0.2, 0) is 4.79 Å². The molecule has 0 fully saturated rings. The van der Waals surface area contributed by atoms with Crippen LogP contribution in [0.2, 0.25) is 0 Å². The number of hydrogen-bond acceptors (Lipinski definition) is 3. The number of carboxylic acids is 1. The third kappa shape index (κ3) is 4.11. The summed E-state index contributed by atoms with van der Waals surface area (Å²) in [5.41, 5.74) is 0.0426. The fraction of sp³-hybridized carbons (Fsp3) is 0.0909. The van der Waals surface area contributed by atoms with Gasteiger partial charge in [-0.25, -0.2) is 0 Å². The fourth-order valence-electron chi connectivity index (χ4n) is 1.09. The van der Waals surface area contributed by atoms with Crippen molar-refractivity contribution in [3.63, 3.8) is 0 Å². The topological polar surface area (TPSA) is 57.2 Å². The molecular weight excluding hydrogens is 266 g/mol. The zero-order valence-corrected chi connectivity index (χ0v) is 13.6. The predicted octanol–water partition coefficient (Wildman–Crippen LogP) is -2.43. The van der Waals surface area contributed by atoms with Gasteiger partial charge in [-0.3, -0.25) is 4.79 Å². The number of carbonyl (C=O) groups is 2. The van der Waals surface area contributed by atoms with Crippen LogP contribution in [-0.4, -0.2) is 11.8 Å².